The van der Waals surface area contributed by atoms with Gasteiger partial charge in [-0.2, -0.15) is 15.4 Å². The van der Waals surface area contributed by atoms with Crippen LogP contribution in [0, 0.1) is 13.8 Å². The van der Waals surface area contributed by atoms with Gasteiger partial charge in [-0.3, -0.25) is 4.98 Å². The summed E-state index contributed by atoms with van der Waals surface area (Å²) in [6, 6.07) is 12.4. The first-order valence-electron chi connectivity index (χ1n) is 8.10. The Labute approximate surface area is 145 Å². The maximum atomic E-state index is 4.50. The fourth-order valence-corrected chi connectivity index (χ4v) is 2.76. The summed E-state index contributed by atoms with van der Waals surface area (Å²) in [4.78, 5) is 8.95. The third kappa shape index (κ3) is 3.19. The van der Waals surface area contributed by atoms with E-state index in [1.165, 1.54) is 11.1 Å². The molecular weight excluding hydrogens is 312 g/mol. The average molecular weight is 330 g/mol. The van der Waals surface area contributed by atoms with Crippen molar-refractivity contribution in [3.05, 3.63) is 71.9 Å². The minimum atomic E-state index is 0.787. The Bertz CT molecular complexity index is 997. The van der Waals surface area contributed by atoms with Gasteiger partial charge in [0.25, 0.3) is 0 Å². The predicted molar refractivity (Wildman–Crippen MR) is 95.9 cm³/mol. The summed E-state index contributed by atoms with van der Waals surface area (Å²) in [7, 11) is 0. The number of imidazole rings is 1. The van der Waals surface area contributed by atoms with Crippen LogP contribution >= 0.6 is 0 Å². The molecule has 6 nitrogen and oxygen atoms in total. The number of nitrogens with zero attached hydrogens (tertiary/aromatic N) is 5. The molecule has 0 bridgehead atoms. The summed E-state index contributed by atoms with van der Waals surface area (Å²) in [6.07, 6.45) is 5.63. The maximum absolute atomic E-state index is 4.50. The number of rotatable bonds is 4. The van der Waals surface area contributed by atoms with Gasteiger partial charge in [-0.25, -0.2) is 4.98 Å². The summed E-state index contributed by atoms with van der Waals surface area (Å²) < 4.78 is 2.07. The number of hydrogen-bond donors (Lipinski definition) is 1. The number of benzene rings is 1. The van der Waals surface area contributed by atoms with Crippen molar-refractivity contribution in [1.82, 2.24) is 29.9 Å². The Morgan fingerprint density at radius 3 is 2.56 bits per heavy atom. The molecule has 0 aliphatic carbocycles. The molecule has 0 saturated carbocycles. The predicted octanol–water partition coefficient (Wildman–Crippen LogP) is 3.40. The molecule has 0 aliphatic rings. The van der Waals surface area contributed by atoms with Crippen LogP contribution in [0.15, 0.2) is 55.1 Å². The van der Waals surface area contributed by atoms with Gasteiger partial charge in [-0.15, -0.1) is 0 Å². The van der Waals surface area contributed by atoms with Gasteiger partial charge in [0, 0.05) is 24.5 Å². The highest BCUT2D eigenvalue weighted by Gasteiger charge is 2.10. The zero-order chi connectivity index (χ0) is 17.2. The maximum Gasteiger partial charge on any atom is 0.115 e. The molecule has 0 radical (unpaired) electrons. The van der Waals surface area contributed by atoms with Gasteiger partial charge < -0.3 is 4.57 Å². The van der Waals surface area contributed by atoms with Crippen LogP contribution < -0.4 is 0 Å². The standard InChI is InChI=1S/C19H18N6/c1-13-3-5-15(6-4-13)10-25-11-18(21-12-25)17-9-16(7-8-20-17)19-14(2)22-24-23-19/h3-9,11-12H,10H2,1-2H3,(H,22,23,24). The van der Waals surface area contributed by atoms with Crippen LogP contribution in [-0.2, 0) is 6.54 Å². The molecule has 0 amide bonds. The van der Waals surface area contributed by atoms with E-state index in [2.05, 4.69) is 61.1 Å². The summed E-state index contributed by atoms with van der Waals surface area (Å²) in [5.74, 6) is 0. The number of H-pyrrole nitrogens is 1. The van der Waals surface area contributed by atoms with Gasteiger partial charge in [0.2, 0.25) is 0 Å². The first-order valence-corrected chi connectivity index (χ1v) is 8.10. The van der Waals surface area contributed by atoms with E-state index in [0.717, 1.165) is 34.9 Å². The lowest BCUT2D eigenvalue weighted by Crippen LogP contribution is -1.96. The Morgan fingerprint density at radius 2 is 1.80 bits per heavy atom. The van der Waals surface area contributed by atoms with Gasteiger partial charge >= 0.3 is 0 Å². The zero-order valence-corrected chi connectivity index (χ0v) is 14.1. The first-order chi connectivity index (χ1) is 12.2. The second-order valence-electron chi connectivity index (χ2n) is 6.10. The highest BCUT2D eigenvalue weighted by molar-refractivity contribution is 5.67. The van der Waals surface area contributed by atoms with Crippen molar-refractivity contribution in [3.63, 3.8) is 0 Å². The molecular formula is C19H18N6. The van der Waals surface area contributed by atoms with E-state index in [1.54, 1.807) is 6.20 Å². The van der Waals surface area contributed by atoms with Crippen LogP contribution in [0.2, 0.25) is 0 Å². The van der Waals surface area contributed by atoms with Crippen molar-refractivity contribution in [3.8, 4) is 22.6 Å². The quantitative estimate of drug-likeness (QED) is 0.622. The third-order valence-electron chi connectivity index (χ3n) is 4.14. The second-order valence-corrected chi connectivity index (χ2v) is 6.10. The molecule has 4 aromatic rings. The SMILES string of the molecule is Cc1ccc(Cn2cnc(-c3cc(-c4n[nH]nc4C)ccn3)c2)cc1. The summed E-state index contributed by atoms with van der Waals surface area (Å²) >= 11 is 0. The van der Waals surface area contributed by atoms with Crippen LogP contribution in [-0.4, -0.2) is 29.9 Å². The van der Waals surface area contributed by atoms with Gasteiger partial charge in [0.15, 0.2) is 0 Å². The van der Waals surface area contributed by atoms with Crippen LogP contribution in [0.5, 0.6) is 0 Å². The van der Waals surface area contributed by atoms with E-state index in [1.807, 2.05) is 31.6 Å². The molecule has 0 aliphatic heterocycles. The van der Waals surface area contributed by atoms with E-state index in [0.29, 0.717) is 0 Å². The highest BCUT2D eigenvalue weighted by Crippen LogP contribution is 2.23. The Balaban J connectivity index is 1.60. The van der Waals surface area contributed by atoms with E-state index in [-0.39, 0.29) is 0 Å². The average Bonchev–Trinajstić information content (AvgIpc) is 3.26. The minimum Gasteiger partial charge on any atom is -0.332 e. The Kier molecular flexibility index (Phi) is 3.85. The Morgan fingerprint density at radius 1 is 0.960 bits per heavy atom. The molecule has 25 heavy (non-hydrogen) atoms. The van der Waals surface area contributed by atoms with Gasteiger partial charge in [-0.1, -0.05) is 29.8 Å². The van der Waals surface area contributed by atoms with Crippen molar-refractivity contribution in [2.24, 2.45) is 0 Å². The molecule has 1 N–H and O–H groups in total. The summed E-state index contributed by atoms with van der Waals surface area (Å²) in [5, 5.41) is 10.9. The third-order valence-corrected chi connectivity index (χ3v) is 4.14. The molecule has 3 aromatic heterocycles. The van der Waals surface area contributed by atoms with Crippen LogP contribution in [0.25, 0.3) is 22.6 Å². The summed E-state index contributed by atoms with van der Waals surface area (Å²) in [5.41, 5.74) is 6.85. The van der Waals surface area contributed by atoms with Crippen LogP contribution in [0.4, 0.5) is 0 Å². The van der Waals surface area contributed by atoms with Crippen LogP contribution in [0.3, 0.4) is 0 Å². The monoisotopic (exact) mass is 330 g/mol. The van der Waals surface area contributed by atoms with Crippen LogP contribution in [0.1, 0.15) is 16.8 Å². The molecule has 4 rings (SSSR count). The lowest BCUT2D eigenvalue weighted by molar-refractivity contribution is 0.797. The van der Waals surface area contributed by atoms with Gasteiger partial charge in [0.1, 0.15) is 11.4 Å². The molecule has 0 saturated heterocycles. The van der Waals surface area contributed by atoms with E-state index < -0.39 is 0 Å². The normalized spacial score (nSPS) is 11.0. The zero-order valence-electron chi connectivity index (χ0n) is 14.1. The summed E-state index contributed by atoms with van der Waals surface area (Å²) in [6.45, 7) is 4.80. The Hall–Kier alpha value is -3.28. The number of pyridine rings is 1. The van der Waals surface area contributed by atoms with Crippen molar-refractivity contribution >= 4 is 0 Å². The molecule has 6 heteroatoms. The number of hydrogen-bond acceptors (Lipinski definition) is 4. The van der Waals surface area contributed by atoms with E-state index >= 15 is 0 Å². The number of aromatic nitrogens is 6. The molecule has 3 heterocycles. The lowest BCUT2D eigenvalue weighted by Gasteiger charge is -2.03. The van der Waals surface area contributed by atoms with Gasteiger partial charge in [0.05, 0.1) is 17.7 Å². The topological polar surface area (TPSA) is 72.3 Å². The highest BCUT2D eigenvalue weighted by atomic mass is 15.3. The minimum absolute atomic E-state index is 0.787. The van der Waals surface area contributed by atoms with Gasteiger partial charge in [-0.05, 0) is 31.5 Å². The molecule has 0 atom stereocenters. The second kappa shape index (κ2) is 6.32. The van der Waals surface area contributed by atoms with Crippen molar-refractivity contribution in [2.45, 2.75) is 20.4 Å². The number of aromatic amines is 1. The van der Waals surface area contributed by atoms with Crippen molar-refractivity contribution in [1.29, 1.82) is 0 Å². The fourth-order valence-electron chi connectivity index (χ4n) is 2.76. The lowest BCUT2D eigenvalue weighted by atomic mass is 10.1. The fraction of sp³-hybridized carbons (Fsp3) is 0.158. The van der Waals surface area contributed by atoms with Crippen molar-refractivity contribution in [2.75, 3.05) is 0 Å². The molecule has 1 aromatic carbocycles. The smallest absolute Gasteiger partial charge is 0.115 e. The van der Waals surface area contributed by atoms with Crippen molar-refractivity contribution < 1.29 is 0 Å². The van der Waals surface area contributed by atoms with E-state index in [4.69, 9.17) is 0 Å². The number of nitrogens with one attached hydrogen (secondary N) is 1. The largest absolute Gasteiger partial charge is 0.332 e. The molecule has 0 spiro atoms. The molecule has 0 fully saturated rings. The molecule has 0 unspecified atom stereocenters. The number of aryl methyl sites for hydroxylation is 2. The van der Waals surface area contributed by atoms with E-state index in [9.17, 15) is 0 Å². The molecule has 124 valence electrons. The first kappa shape index (κ1) is 15.3.